The zero-order valence-electron chi connectivity index (χ0n) is 4.26. The van der Waals surface area contributed by atoms with Gasteiger partial charge in [0, 0.05) is 13.2 Å². The van der Waals surface area contributed by atoms with E-state index in [1.807, 2.05) is 13.2 Å². The second-order valence-corrected chi connectivity index (χ2v) is 1.52. The van der Waals surface area contributed by atoms with E-state index in [2.05, 4.69) is 12.0 Å². The molecule has 1 heterocycles. The average Bonchev–Trinajstić information content (AvgIpc) is 1.87. The summed E-state index contributed by atoms with van der Waals surface area (Å²) in [6.45, 7) is 3.66. The molecule has 37 valence electrons. The quantitative estimate of drug-likeness (QED) is 0.461. The predicted octanol–water partition coefficient (Wildman–Crippen LogP) is 0.602. The van der Waals surface area contributed by atoms with Crippen molar-refractivity contribution < 1.29 is 0 Å². The molecule has 0 amide bonds. The maximum absolute atomic E-state index is 3.87. The van der Waals surface area contributed by atoms with Gasteiger partial charge in [0.2, 0.25) is 0 Å². The Morgan fingerprint density at radius 3 is 2.71 bits per heavy atom. The number of hydrogen-bond acceptors (Lipinski definition) is 1. The molecular weight excluding hydrogens is 88.1 g/mol. The number of aryl methyl sites for hydroxylation is 1. The van der Waals surface area contributed by atoms with Gasteiger partial charge in [-0.05, 0) is 12.5 Å². The number of aromatic nitrogens is 2. The maximum atomic E-state index is 3.87. The van der Waals surface area contributed by atoms with Gasteiger partial charge >= 0.3 is 0 Å². The van der Waals surface area contributed by atoms with Gasteiger partial charge in [-0.1, -0.05) is 0 Å². The molecule has 0 fully saturated rings. The Balaban J connectivity index is 3.04. The molecule has 2 nitrogen and oxygen atoms in total. The van der Waals surface area contributed by atoms with Crippen LogP contribution in [0.25, 0.3) is 0 Å². The van der Waals surface area contributed by atoms with Crippen molar-refractivity contribution in [1.29, 1.82) is 0 Å². The lowest BCUT2D eigenvalue weighted by molar-refractivity contribution is 0.767. The van der Waals surface area contributed by atoms with Crippen molar-refractivity contribution in [3.63, 3.8) is 0 Å². The van der Waals surface area contributed by atoms with E-state index in [0.717, 1.165) is 5.56 Å². The van der Waals surface area contributed by atoms with Crippen molar-refractivity contribution in [1.82, 2.24) is 9.78 Å². The normalized spacial score (nSPS) is 9.43. The highest BCUT2D eigenvalue weighted by Crippen LogP contribution is 1.88. The third-order valence-electron chi connectivity index (χ3n) is 0.758. The molecule has 0 spiro atoms. The summed E-state index contributed by atoms with van der Waals surface area (Å²) in [7, 11) is 1.87. The van der Waals surface area contributed by atoms with Crippen molar-refractivity contribution >= 4 is 0 Å². The summed E-state index contributed by atoms with van der Waals surface area (Å²) in [6.07, 6.45) is 3.58. The summed E-state index contributed by atoms with van der Waals surface area (Å²) < 4.78 is 1.72. The minimum absolute atomic E-state index is 0.961. The van der Waals surface area contributed by atoms with Crippen LogP contribution in [-0.4, -0.2) is 9.78 Å². The molecule has 1 aromatic heterocycles. The molecule has 0 N–H and O–H groups in total. The lowest BCUT2D eigenvalue weighted by atomic mass is 10.4. The first kappa shape index (κ1) is 4.37. The van der Waals surface area contributed by atoms with E-state index < -0.39 is 0 Å². The van der Waals surface area contributed by atoms with E-state index in [4.69, 9.17) is 0 Å². The van der Waals surface area contributed by atoms with Crippen LogP contribution in [0.15, 0.2) is 12.4 Å². The number of nitrogens with zero attached hydrogens (tertiary/aromatic N) is 2. The van der Waals surface area contributed by atoms with Gasteiger partial charge in [-0.25, -0.2) is 0 Å². The summed E-state index contributed by atoms with van der Waals surface area (Å²) in [6, 6.07) is 0. The first-order chi connectivity index (χ1) is 3.29. The van der Waals surface area contributed by atoms with Crippen LogP contribution in [0.5, 0.6) is 0 Å². The van der Waals surface area contributed by atoms with E-state index >= 15 is 0 Å². The Morgan fingerprint density at radius 2 is 2.57 bits per heavy atom. The molecule has 1 rings (SSSR count). The van der Waals surface area contributed by atoms with Crippen LogP contribution in [0.4, 0.5) is 0 Å². The average molecular weight is 95.1 g/mol. The molecule has 7 heavy (non-hydrogen) atoms. The van der Waals surface area contributed by atoms with Crippen LogP contribution in [0.1, 0.15) is 5.56 Å². The number of hydrogen-bond donors (Lipinski definition) is 0. The molecule has 0 saturated heterocycles. The maximum Gasteiger partial charge on any atom is 0.0521 e. The van der Waals surface area contributed by atoms with Crippen molar-refractivity contribution in [2.45, 2.75) is 0 Å². The standard InChI is InChI=1S/C5H7N2/c1-5-3-6-7(2)4-5/h3-4H,1H2,2H3. The van der Waals surface area contributed by atoms with Crippen molar-refractivity contribution in [2.24, 2.45) is 7.05 Å². The zero-order chi connectivity index (χ0) is 5.28. The van der Waals surface area contributed by atoms with Crippen molar-refractivity contribution in [3.05, 3.63) is 24.9 Å². The van der Waals surface area contributed by atoms with Crippen LogP contribution >= 0.6 is 0 Å². The molecule has 0 aliphatic rings. The van der Waals surface area contributed by atoms with Crippen LogP contribution in [-0.2, 0) is 7.05 Å². The summed E-state index contributed by atoms with van der Waals surface area (Å²) in [5.74, 6) is 0. The highest BCUT2D eigenvalue weighted by atomic mass is 15.2. The molecule has 0 aliphatic heterocycles. The molecule has 0 aromatic carbocycles. The van der Waals surface area contributed by atoms with E-state index in [-0.39, 0.29) is 0 Å². The van der Waals surface area contributed by atoms with E-state index in [1.54, 1.807) is 10.9 Å². The fraction of sp³-hybridized carbons (Fsp3) is 0.200. The lowest BCUT2D eigenvalue weighted by Gasteiger charge is -1.78. The van der Waals surface area contributed by atoms with E-state index in [9.17, 15) is 0 Å². The van der Waals surface area contributed by atoms with Crippen LogP contribution in [0, 0.1) is 6.92 Å². The monoisotopic (exact) mass is 95.1 g/mol. The van der Waals surface area contributed by atoms with Crippen molar-refractivity contribution in [3.8, 4) is 0 Å². The Kier molecular flexibility index (Phi) is 0.855. The summed E-state index contributed by atoms with van der Waals surface area (Å²) >= 11 is 0. The molecule has 0 aliphatic carbocycles. The van der Waals surface area contributed by atoms with Gasteiger partial charge in [-0.15, -0.1) is 0 Å². The number of rotatable bonds is 0. The largest absolute Gasteiger partial charge is 0.276 e. The zero-order valence-corrected chi connectivity index (χ0v) is 4.26. The Labute approximate surface area is 42.8 Å². The second-order valence-electron chi connectivity index (χ2n) is 1.52. The van der Waals surface area contributed by atoms with Crippen LogP contribution in [0.3, 0.4) is 0 Å². The van der Waals surface area contributed by atoms with Gasteiger partial charge < -0.3 is 0 Å². The van der Waals surface area contributed by atoms with Gasteiger partial charge in [-0.3, -0.25) is 4.68 Å². The Morgan fingerprint density at radius 1 is 1.86 bits per heavy atom. The third kappa shape index (κ3) is 0.796. The molecule has 0 saturated carbocycles. The smallest absolute Gasteiger partial charge is 0.0521 e. The lowest BCUT2D eigenvalue weighted by Crippen LogP contribution is -1.83. The molecule has 0 unspecified atom stereocenters. The minimum atomic E-state index is 0.961. The van der Waals surface area contributed by atoms with Crippen LogP contribution in [0.2, 0.25) is 0 Å². The van der Waals surface area contributed by atoms with Gasteiger partial charge in [0.15, 0.2) is 0 Å². The minimum Gasteiger partial charge on any atom is -0.276 e. The highest BCUT2D eigenvalue weighted by Gasteiger charge is 1.81. The summed E-state index contributed by atoms with van der Waals surface area (Å²) in [5.41, 5.74) is 0.961. The predicted molar refractivity (Wildman–Crippen MR) is 27.7 cm³/mol. The van der Waals surface area contributed by atoms with E-state index in [1.165, 1.54) is 0 Å². The molecular formula is C5H7N2. The SMILES string of the molecule is [CH2]c1cnn(C)c1. The van der Waals surface area contributed by atoms with Gasteiger partial charge in [0.1, 0.15) is 0 Å². The topological polar surface area (TPSA) is 17.8 Å². The first-order valence-electron chi connectivity index (χ1n) is 2.09. The Hall–Kier alpha value is -0.790. The Bertz CT molecular complexity index is 138. The van der Waals surface area contributed by atoms with Gasteiger partial charge in [-0.2, -0.15) is 5.10 Å². The van der Waals surface area contributed by atoms with E-state index in [0.29, 0.717) is 0 Å². The molecule has 0 bridgehead atoms. The van der Waals surface area contributed by atoms with Gasteiger partial charge in [0.25, 0.3) is 0 Å². The second kappa shape index (κ2) is 1.37. The third-order valence-corrected chi connectivity index (χ3v) is 0.758. The van der Waals surface area contributed by atoms with Crippen molar-refractivity contribution in [2.75, 3.05) is 0 Å². The fourth-order valence-electron chi connectivity index (χ4n) is 0.472. The fourth-order valence-corrected chi connectivity index (χ4v) is 0.472. The molecule has 1 radical (unpaired) electrons. The highest BCUT2D eigenvalue weighted by molar-refractivity contribution is 5.06. The molecule has 1 aromatic rings. The summed E-state index contributed by atoms with van der Waals surface area (Å²) in [4.78, 5) is 0. The molecule has 0 atom stereocenters. The van der Waals surface area contributed by atoms with Gasteiger partial charge in [0.05, 0.1) is 6.20 Å². The first-order valence-corrected chi connectivity index (χ1v) is 2.09. The van der Waals surface area contributed by atoms with Crippen LogP contribution < -0.4 is 0 Å². The molecule has 2 heteroatoms. The summed E-state index contributed by atoms with van der Waals surface area (Å²) in [5, 5.41) is 3.87.